The van der Waals surface area contributed by atoms with E-state index in [1.54, 1.807) is 7.05 Å². The van der Waals surface area contributed by atoms with Crippen molar-refractivity contribution in [1.82, 2.24) is 10.2 Å². The number of hydrogen-bond acceptors (Lipinski definition) is 2. The molecule has 2 N–H and O–H groups in total. The third-order valence-electron chi connectivity index (χ3n) is 1.12. The third kappa shape index (κ3) is 0.538. The van der Waals surface area contributed by atoms with Crippen molar-refractivity contribution < 1.29 is 4.79 Å². The van der Waals surface area contributed by atoms with Gasteiger partial charge < -0.3 is 5.32 Å². The normalized spacial score (nSPS) is 19.4. The molecule has 0 aliphatic carbocycles. The second kappa shape index (κ2) is 1.47. The van der Waals surface area contributed by atoms with Gasteiger partial charge in [-0.1, -0.05) is 0 Å². The molecule has 4 nitrogen and oxygen atoms in total. The van der Waals surface area contributed by atoms with Gasteiger partial charge in [0.1, 0.15) is 5.84 Å². The molecular weight excluding hydrogens is 106 g/mol. The van der Waals surface area contributed by atoms with Crippen LogP contribution in [0.4, 0.5) is 4.79 Å². The van der Waals surface area contributed by atoms with Crippen molar-refractivity contribution in [3.8, 4) is 0 Å². The van der Waals surface area contributed by atoms with Gasteiger partial charge in [-0.3, -0.25) is 10.3 Å². The van der Waals surface area contributed by atoms with Crippen molar-refractivity contribution in [2.75, 3.05) is 13.6 Å². The lowest BCUT2D eigenvalue weighted by molar-refractivity contribution is 0.233. The molecule has 1 fully saturated rings. The van der Waals surface area contributed by atoms with Gasteiger partial charge in [0.05, 0.1) is 6.54 Å². The lowest BCUT2D eigenvalue weighted by Gasteiger charge is -2.02. The molecule has 0 aromatic heterocycles. The molecule has 1 heterocycles. The summed E-state index contributed by atoms with van der Waals surface area (Å²) >= 11 is 0. The summed E-state index contributed by atoms with van der Waals surface area (Å²) in [5.74, 6) is 0.329. The molecule has 0 radical (unpaired) electrons. The van der Waals surface area contributed by atoms with Gasteiger partial charge in [-0.25, -0.2) is 4.79 Å². The number of rotatable bonds is 0. The van der Waals surface area contributed by atoms with E-state index in [-0.39, 0.29) is 6.03 Å². The molecule has 1 saturated heterocycles. The van der Waals surface area contributed by atoms with Gasteiger partial charge in [0.25, 0.3) is 0 Å². The highest BCUT2D eigenvalue weighted by atomic mass is 16.2. The summed E-state index contributed by atoms with van der Waals surface area (Å²) in [5, 5.41) is 9.51. The number of likely N-dealkylation sites (N-methyl/N-ethyl adjacent to an activating group) is 1. The molecule has 0 atom stereocenters. The summed E-state index contributed by atoms with van der Waals surface area (Å²) in [6.45, 7) is 0.370. The summed E-state index contributed by atoms with van der Waals surface area (Å²) in [5.41, 5.74) is 0. The van der Waals surface area contributed by atoms with Gasteiger partial charge in [-0.05, 0) is 0 Å². The van der Waals surface area contributed by atoms with Crippen LogP contribution in [0, 0.1) is 5.41 Å². The monoisotopic (exact) mass is 113 g/mol. The summed E-state index contributed by atoms with van der Waals surface area (Å²) in [6.07, 6.45) is 0. The Balaban J connectivity index is 2.70. The summed E-state index contributed by atoms with van der Waals surface area (Å²) < 4.78 is 0. The molecule has 0 aromatic rings. The van der Waals surface area contributed by atoms with Gasteiger partial charge in [0, 0.05) is 7.05 Å². The van der Waals surface area contributed by atoms with Gasteiger partial charge in [0.2, 0.25) is 0 Å². The zero-order valence-electron chi connectivity index (χ0n) is 4.56. The first-order valence-corrected chi connectivity index (χ1v) is 2.31. The van der Waals surface area contributed by atoms with Gasteiger partial charge in [-0.15, -0.1) is 0 Å². The van der Waals surface area contributed by atoms with Crippen LogP contribution >= 0.6 is 0 Å². The molecule has 8 heavy (non-hydrogen) atoms. The van der Waals surface area contributed by atoms with E-state index in [4.69, 9.17) is 5.41 Å². The number of nitrogens with one attached hydrogen (secondary N) is 2. The van der Waals surface area contributed by atoms with Crippen LogP contribution in [0.25, 0.3) is 0 Å². The fourth-order valence-electron chi connectivity index (χ4n) is 0.519. The fraction of sp³-hybridized carbons (Fsp3) is 0.500. The molecule has 0 saturated carbocycles. The zero-order chi connectivity index (χ0) is 6.15. The smallest absolute Gasteiger partial charge is 0.322 e. The van der Waals surface area contributed by atoms with Crippen LogP contribution in [-0.4, -0.2) is 30.4 Å². The Kier molecular flexibility index (Phi) is 0.932. The minimum Gasteiger partial charge on any atom is -0.330 e. The minimum absolute atomic E-state index is 0.185. The predicted octanol–water partition coefficient (Wildman–Crippen LogP) is -0.381. The Morgan fingerprint density at radius 2 is 2.50 bits per heavy atom. The first-order chi connectivity index (χ1) is 3.72. The fourth-order valence-corrected chi connectivity index (χ4v) is 0.519. The van der Waals surface area contributed by atoms with Crippen LogP contribution in [0.15, 0.2) is 0 Å². The average Bonchev–Trinajstić information content (AvgIpc) is 1.98. The number of hydrogen-bond donors (Lipinski definition) is 2. The van der Waals surface area contributed by atoms with Crippen LogP contribution in [0.5, 0.6) is 0 Å². The maximum absolute atomic E-state index is 10.5. The van der Waals surface area contributed by atoms with Gasteiger partial charge in [0.15, 0.2) is 0 Å². The molecule has 0 aromatic carbocycles. The maximum atomic E-state index is 10.5. The van der Waals surface area contributed by atoms with Crippen molar-refractivity contribution in [3.63, 3.8) is 0 Å². The predicted molar refractivity (Wildman–Crippen MR) is 28.9 cm³/mol. The van der Waals surface area contributed by atoms with Gasteiger partial charge >= 0.3 is 6.03 Å². The van der Waals surface area contributed by atoms with E-state index in [2.05, 4.69) is 5.32 Å². The van der Waals surface area contributed by atoms with E-state index in [0.29, 0.717) is 12.4 Å². The Bertz CT molecular complexity index is 126. The van der Waals surface area contributed by atoms with Crippen molar-refractivity contribution in [1.29, 1.82) is 5.41 Å². The molecule has 1 aliphatic rings. The molecule has 4 heteroatoms. The van der Waals surface area contributed by atoms with E-state index >= 15 is 0 Å². The number of nitrogens with zero attached hydrogens (tertiary/aromatic N) is 1. The quantitative estimate of drug-likeness (QED) is 0.442. The molecule has 0 unspecified atom stereocenters. The van der Waals surface area contributed by atoms with E-state index in [1.165, 1.54) is 4.90 Å². The van der Waals surface area contributed by atoms with E-state index in [9.17, 15) is 4.79 Å². The highest BCUT2D eigenvalue weighted by Gasteiger charge is 2.19. The molecular formula is C4H7N3O. The zero-order valence-corrected chi connectivity index (χ0v) is 4.56. The maximum Gasteiger partial charge on any atom is 0.322 e. The Hall–Kier alpha value is -1.06. The Morgan fingerprint density at radius 1 is 1.88 bits per heavy atom. The lowest BCUT2D eigenvalue weighted by atomic mass is 10.6. The van der Waals surface area contributed by atoms with Crippen LogP contribution in [0.2, 0.25) is 0 Å². The Labute approximate surface area is 47.0 Å². The first-order valence-electron chi connectivity index (χ1n) is 2.31. The van der Waals surface area contributed by atoms with Crippen LogP contribution in [-0.2, 0) is 0 Å². The number of urea groups is 1. The summed E-state index contributed by atoms with van der Waals surface area (Å²) in [7, 11) is 1.57. The van der Waals surface area contributed by atoms with E-state index in [0.717, 1.165) is 0 Å². The van der Waals surface area contributed by atoms with Crippen LogP contribution in [0.3, 0.4) is 0 Å². The second-order valence-corrected chi connectivity index (χ2v) is 1.66. The van der Waals surface area contributed by atoms with Crippen LogP contribution in [0.1, 0.15) is 0 Å². The second-order valence-electron chi connectivity index (χ2n) is 1.66. The summed E-state index contributed by atoms with van der Waals surface area (Å²) in [4.78, 5) is 11.7. The average molecular weight is 113 g/mol. The standard InChI is InChI=1S/C4H7N3O/c1-7-3(5)2-6-4(7)8/h5H,2H2,1H3,(H,6,8). The molecule has 44 valence electrons. The number of carbonyl (C=O) groups excluding carboxylic acids is 1. The van der Waals surface area contributed by atoms with Crippen molar-refractivity contribution in [2.24, 2.45) is 0 Å². The molecule has 1 rings (SSSR count). The number of carbonyl (C=O) groups is 1. The van der Waals surface area contributed by atoms with Crippen molar-refractivity contribution >= 4 is 11.9 Å². The highest BCUT2D eigenvalue weighted by molar-refractivity contribution is 6.02. The summed E-state index contributed by atoms with van der Waals surface area (Å²) in [6, 6.07) is -0.185. The molecule has 2 amide bonds. The van der Waals surface area contributed by atoms with E-state index < -0.39 is 0 Å². The number of amides is 2. The largest absolute Gasteiger partial charge is 0.330 e. The van der Waals surface area contributed by atoms with Crippen molar-refractivity contribution in [2.45, 2.75) is 0 Å². The molecule has 0 spiro atoms. The molecule has 0 bridgehead atoms. The SMILES string of the molecule is CN1C(=N)CNC1=O. The van der Waals surface area contributed by atoms with Crippen molar-refractivity contribution in [3.05, 3.63) is 0 Å². The lowest BCUT2D eigenvalue weighted by Crippen LogP contribution is -2.25. The topological polar surface area (TPSA) is 56.2 Å². The molecule has 1 aliphatic heterocycles. The highest BCUT2D eigenvalue weighted by Crippen LogP contribution is 1.92. The van der Waals surface area contributed by atoms with Crippen LogP contribution < -0.4 is 5.32 Å². The van der Waals surface area contributed by atoms with E-state index in [1.807, 2.05) is 0 Å². The first kappa shape index (κ1) is 5.08. The number of amidine groups is 1. The minimum atomic E-state index is -0.185. The van der Waals surface area contributed by atoms with Gasteiger partial charge in [-0.2, -0.15) is 0 Å². The Morgan fingerprint density at radius 3 is 2.62 bits per heavy atom. The third-order valence-corrected chi connectivity index (χ3v) is 1.12.